The lowest BCUT2D eigenvalue weighted by Crippen LogP contribution is -2.23. The van der Waals surface area contributed by atoms with Gasteiger partial charge in [0.25, 0.3) is 0 Å². The zero-order valence-corrected chi connectivity index (χ0v) is 11.0. The number of pyridine rings is 1. The number of aromatic nitrogens is 1. The van der Waals surface area contributed by atoms with Gasteiger partial charge in [-0.1, -0.05) is 0 Å². The summed E-state index contributed by atoms with van der Waals surface area (Å²) in [5.41, 5.74) is 0. The van der Waals surface area contributed by atoms with Gasteiger partial charge in [-0.3, -0.25) is 0 Å². The van der Waals surface area contributed by atoms with Crippen LogP contribution in [0.25, 0.3) is 0 Å². The van der Waals surface area contributed by atoms with Gasteiger partial charge in [0.15, 0.2) is 0 Å². The van der Waals surface area contributed by atoms with Gasteiger partial charge in [-0.25, -0.2) is 0 Å². The minimum atomic E-state index is 0.316. The third kappa shape index (κ3) is 2.30. The molecule has 0 amide bonds. The smallest absolute Gasteiger partial charge is 0.229 e. The molecule has 2 heterocycles. The first kappa shape index (κ1) is 11.7. The molecule has 0 spiro atoms. The Morgan fingerprint density at radius 3 is 2.88 bits per heavy atom. The average Bonchev–Trinajstić information content (AvgIpc) is 2.78. The molecule has 1 saturated heterocycles. The molecule has 0 bridgehead atoms. The number of anilines is 1. The maximum Gasteiger partial charge on any atom is 0.229 e. The Balaban J connectivity index is 2.15. The summed E-state index contributed by atoms with van der Waals surface area (Å²) in [6.07, 6.45) is 1.37. The number of nitrogens with zero attached hydrogens (tertiary/aromatic N) is 2. The molecular formula is C11H15BrN2O2. The Morgan fingerprint density at radius 1 is 1.44 bits per heavy atom. The molecule has 0 saturated carbocycles. The summed E-state index contributed by atoms with van der Waals surface area (Å²) in [7, 11) is 3.38. The second kappa shape index (κ2) is 5.01. The number of ether oxygens (including phenoxy) is 2. The lowest BCUT2D eigenvalue weighted by Gasteiger charge is -2.17. The number of methoxy groups -OCH3 is 2. The summed E-state index contributed by atoms with van der Waals surface area (Å²) in [6.45, 7) is 1.88. The maximum absolute atomic E-state index is 5.33. The van der Waals surface area contributed by atoms with E-state index in [1.807, 2.05) is 12.1 Å². The van der Waals surface area contributed by atoms with Gasteiger partial charge in [0.2, 0.25) is 5.88 Å². The van der Waals surface area contributed by atoms with Crippen LogP contribution in [0.15, 0.2) is 16.6 Å². The minimum absolute atomic E-state index is 0.316. The van der Waals surface area contributed by atoms with Crippen molar-refractivity contribution < 1.29 is 9.47 Å². The van der Waals surface area contributed by atoms with Gasteiger partial charge in [-0.05, 0) is 34.5 Å². The van der Waals surface area contributed by atoms with Crippen molar-refractivity contribution in [3.8, 4) is 5.88 Å². The van der Waals surface area contributed by atoms with Gasteiger partial charge in [0, 0.05) is 20.2 Å². The third-order valence-corrected chi connectivity index (χ3v) is 3.40. The lowest BCUT2D eigenvalue weighted by atomic mass is 10.3. The van der Waals surface area contributed by atoms with E-state index in [0.717, 1.165) is 29.8 Å². The van der Waals surface area contributed by atoms with Crippen LogP contribution in [0.2, 0.25) is 0 Å². The van der Waals surface area contributed by atoms with Crippen LogP contribution in [0.5, 0.6) is 5.88 Å². The fourth-order valence-electron chi connectivity index (χ4n) is 1.86. The van der Waals surface area contributed by atoms with Gasteiger partial charge >= 0.3 is 0 Å². The Labute approximate surface area is 104 Å². The van der Waals surface area contributed by atoms with E-state index in [1.165, 1.54) is 0 Å². The van der Waals surface area contributed by atoms with Crippen molar-refractivity contribution in [3.05, 3.63) is 16.6 Å². The molecule has 0 unspecified atom stereocenters. The van der Waals surface area contributed by atoms with E-state index >= 15 is 0 Å². The van der Waals surface area contributed by atoms with Crippen LogP contribution in [0.1, 0.15) is 6.42 Å². The molecule has 4 nitrogen and oxygen atoms in total. The third-order valence-electron chi connectivity index (χ3n) is 2.79. The molecule has 88 valence electrons. The minimum Gasteiger partial charge on any atom is -0.480 e. The molecule has 5 heteroatoms. The molecule has 0 aliphatic carbocycles. The molecule has 1 atom stereocenters. The van der Waals surface area contributed by atoms with E-state index in [-0.39, 0.29) is 0 Å². The topological polar surface area (TPSA) is 34.6 Å². The van der Waals surface area contributed by atoms with Crippen molar-refractivity contribution in [2.45, 2.75) is 12.5 Å². The molecule has 1 aliphatic heterocycles. The molecule has 1 aromatic heterocycles. The molecule has 0 radical (unpaired) electrons. The maximum atomic E-state index is 5.33. The van der Waals surface area contributed by atoms with E-state index in [4.69, 9.17) is 9.47 Å². The van der Waals surface area contributed by atoms with Gasteiger partial charge in [-0.2, -0.15) is 4.98 Å². The fraction of sp³-hybridized carbons (Fsp3) is 0.545. The van der Waals surface area contributed by atoms with Crippen LogP contribution in [0, 0.1) is 0 Å². The first-order valence-corrected chi connectivity index (χ1v) is 6.02. The number of hydrogen-bond acceptors (Lipinski definition) is 4. The van der Waals surface area contributed by atoms with Crippen LogP contribution in [0.3, 0.4) is 0 Å². The molecule has 2 rings (SSSR count). The quantitative estimate of drug-likeness (QED) is 0.852. The van der Waals surface area contributed by atoms with Crippen molar-refractivity contribution in [3.63, 3.8) is 0 Å². The Hall–Kier alpha value is -0.810. The van der Waals surface area contributed by atoms with E-state index in [1.54, 1.807) is 14.2 Å². The molecule has 16 heavy (non-hydrogen) atoms. The second-order valence-electron chi connectivity index (χ2n) is 3.75. The van der Waals surface area contributed by atoms with E-state index in [2.05, 4.69) is 25.8 Å². The zero-order chi connectivity index (χ0) is 11.5. The standard InChI is InChI=1S/C11H15BrN2O2/c1-15-8-5-6-14(7-8)10-4-3-9(12)11(13-10)16-2/h3-4,8H,5-7H2,1-2H3/t8-/m1/s1. The predicted molar refractivity (Wildman–Crippen MR) is 66.1 cm³/mol. The van der Waals surface area contributed by atoms with E-state index in [0.29, 0.717) is 12.0 Å². The van der Waals surface area contributed by atoms with Crippen LogP contribution in [-0.4, -0.2) is 38.4 Å². The average molecular weight is 287 g/mol. The van der Waals surface area contributed by atoms with Gasteiger partial charge in [0.1, 0.15) is 5.82 Å². The van der Waals surface area contributed by atoms with Crippen LogP contribution >= 0.6 is 15.9 Å². The van der Waals surface area contributed by atoms with Crippen LogP contribution in [0.4, 0.5) is 5.82 Å². The number of hydrogen-bond donors (Lipinski definition) is 0. The highest BCUT2D eigenvalue weighted by Crippen LogP contribution is 2.27. The summed E-state index contributed by atoms with van der Waals surface area (Å²) in [5, 5.41) is 0. The Kier molecular flexibility index (Phi) is 3.66. The SMILES string of the molecule is COc1nc(N2CC[C@@H](OC)C2)ccc1Br. The summed E-state index contributed by atoms with van der Waals surface area (Å²) < 4.78 is 11.4. The molecule has 0 aromatic carbocycles. The second-order valence-corrected chi connectivity index (χ2v) is 4.61. The monoisotopic (exact) mass is 286 g/mol. The first-order valence-electron chi connectivity index (χ1n) is 5.23. The van der Waals surface area contributed by atoms with E-state index in [9.17, 15) is 0 Å². The van der Waals surface area contributed by atoms with Crippen LogP contribution in [-0.2, 0) is 4.74 Å². The summed E-state index contributed by atoms with van der Waals surface area (Å²) in [6, 6.07) is 3.95. The summed E-state index contributed by atoms with van der Waals surface area (Å²) >= 11 is 3.39. The molecule has 1 aliphatic rings. The van der Waals surface area contributed by atoms with Crippen molar-refractivity contribution in [2.24, 2.45) is 0 Å². The van der Waals surface area contributed by atoms with Crippen LogP contribution < -0.4 is 9.64 Å². The Morgan fingerprint density at radius 2 is 2.25 bits per heavy atom. The highest BCUT2D eigenvalue weighted by molar-refractivity contribution is 9.10. The summed E-state index contributed by atoms with van der Waals surface area (Å²) in [5.74, 6) is 1.57. The highest BCUT2D eigenvalue weighted by atomic mass is 79.9. The normalized spacial score (nSPS) is 20.2. The van der Waals surface area contributed by atoms with Crippen molar-refractivity contribution in [1.82, 2.24) is 4.98 Å². The van der Waals surface area contributed by atoms with Gasteiger partial charge in [-0.15, -0.1) is 0 Å². The zero-order valence-electron chi connectivity index (χ0n) is 9.44. The largest absolute Gasteiger partial charge is 0.480 e. The molecular weight excluding hydrogens is 272 g/mol. The number of halogens is 1. The summed E-state index contributed by atoms with van der Waals surface area (Å²) in [4.78, 5) is 6.65. The highest BCUT2D eigenvalue weighted by Gasteiger charge is 2.23. The van der Waals surface area contributed by atoms with Gasteiger partial charge < -0.3 is 14.4 Å². The molecule has 1 aromatic rings. The first-order chi connectivity index (χ1) is 7.74. The molecule has 1 fully saturated rings. The van der Waals surface area contributed by atoms with Gasteiger partial charge in [0.05, 0.1) is 17.7 Å². The van der Waals surface area contributed by atoms with Crippen molar-refractivity contribution in [2.75, 3.05) is 32.2 Å². The Bertz CT molecular complexity index is 373. The lowest BCUT2D eigenvalue weighted by molar-refractivity contribution is 0.121. The number of rotatable bonds is 3. The fourth-order valence-corrected chi connectivity index (χ4v) is 2.24. The molecule has 0 N–H and O–H groups in total. The van der Waals surface area contributed by atoms with Crippen molar-refractivity contribution >= 4 is 21.7 Å². The predicted octanol–water partition coefficient (Wildman–Crippen LogP) is 2.08. The van der Waals surface area contributed by atoms with E-state index < -0.39 is 0 Å². The van der Waals surface area contributed by atoms with Crippen molar-refractivity contribution in [1.29, 1.82) is 0 Å².